The van der Waals surface area contributed by atoms with Crippen molar-refractivity contribution in [3.63, 3.8) is 0 Å². The molecule has 0 amide bonds. The molecule has 0 radical (unpaired) electrons. The lowest BCUT2D eigenvalue weighted by atomic mass is 9.79. The van der Waals surface area contributed by atoms with Crippen LogP contribution in [0.3, 0.4) is 0 Å². The van der Waals surface area contributed by atoms with E-state index in [2.05, 4.69) is 0 Å². The van der Waals surface area contributed by atoms with E-state index < -0.39 is 10.0 Å². The van der Waals surface area contributed by atoms with Crippen LogP contribution in [0.1, 0.15) is 32.1 Å². The molecule has 2 aliphatic rings. The molecule has 17 heavy (non-hydrogen) atoms. The molecule has 1 aliphatic heterocycles. The van der Waals surface area contributed by atoms with E-state index >= 15 is 0 Å². The zero-order valence-electron chi connectivity index (χ0n) is 9.71. The topological polar surface area (TPSA) is 37.4 Å². The van der Waals surface area contributed by atoms with Crippen LogP contribution < -0.4 is 0 Å². The summed E-state index contributed by atoms with van der Waals surface area (Å²) in [6.07, 6.45) is 5.76. The fourth-order valence-corrected chi connectivity index (χ4v) is 5.76. The van der Waals surface area contributed by atoms with Crippen molar-refractivity contribution in [1.29, 1.82) is 0 Å². The minimum Gasteiger partial charge on any atom is -0.206 e. The predicted molar refractivity (Wildman–Crippen MR) is 68.6 cm³/mol. The Morgan fingerprint density at radius 2 is 2.06 bits per heavy atom. The first-order chi connectivity index (χ1) is 8.19. The predicted octanol–water partition coefficient (Wildman–Crippen LogP) is 2.70. The molecule has 1 aromatic heterocycles. The van der Waals surface area contributed by atoms with E-state index in [0.717, 1.165) is 12.8 Å². The van der Waals surface area contributed by atoms with Crippen LogP contribution in [-0.4, -0.2) is 25.3 Å². The Bertz CT molecular complexity index is 477. The van der Waals surface area contributed by atoms with Gasteiger partial charge in [0, 0.05) is 12.6 Å². The van der Waals surface area contributed by atoms with Crippen LogP contribution in [-0.2, 0) is 10.0 Å². The first kappa shape index (κ1) is 11.7. The Balaban J connectivity index is 1.87. The molecule has 0 N–H and O–H groups in total. The number of nitrogens with zero attached hydrogens (tertiary/aromatic N) is 1. The Morgan fingerprint density at radius 3 is 2.65 bits per heavy atom. The van der Waals surface area contributed by atoms with Gasteiger partial charge in [-0.05, 0) is 43.0 Å². The number of hydrogen-bond donors (Lipinski definition) is 0. The van der Waals surface area contributed by atoms with Gasteiger partial charge in [0.1, 0.15) is 4.21 Å². The normalized spacial score (nSPS) is 27.2. The van der Waals surface area contributed by atoms with Gasteiger partial charge in [0.05, 0.1) is 0 Å². The van der Waals surface area contributed by atoms with E-state index in [1.54, 1.807) is 10.4 Å². The zero-order chi connectivity index (χ0) is 11.9. The Labute approximate surface area is 107 Å². The van der Waals surface area contributed by atoms with Gasteiger partial charge in [-0.2, -0.15) is 4.31 Å². The Hall–Kier alpha value is -0.390. The highest BCUT2D eigenvalue weighted by atomic mass is 32.2. The number of rotatable bonds is 3. The highest BCUT2D eigenvalue weighted by Crippen LogP contribution is 2.39. The van der Waals surface area contributed by atoms with Crippen molar-refractivity contribution in [3.05, 3.63) is 17.5 Å². The van der Waals surface area contributed by atoms with E-state index in [4.69, 9.17) is 0 Å². The summed E-state index contributed by atoms with van der Waals surface area (Å²) in [7, 11) is -3.21. The van der Waals surface area contributed by atoms with Gasteiger partial charge in [-0.3, -0.25) is 0 Å². The van der Waals surface area contributed by atoms with Gasteiger partial charge in [-0.1, -0.05) is 12.5 Å². The standard InChI is InChI=1S/C12H17NO2S2/c14-17(15,12-7-3-9-16-12)13-8-2-6-11(13)10-4-1-5-10/h3,7,9-11H,1-2,4-6,8H2. The lowest BCUT2D eigenvalue weighted by Crippen LogP contribution is -2.42. The second-order valence-corrected chi connectivity index (χ2v) is 8.01. The number of thiophene rings is 1. The molecule has 0 spiro atoms. The molecular weight excluding hydrogens is 254 g/mol. The van der Waals surface area contributed by atoms with Crippen LogP contribution in [0.2, 0.25) is 0 Å². The molecule has 1 saturated heterocycles. The second kappa shape index (κ2) is 4.37. The van der Waals surface area contributed by atoms with E-state index in [-0.39, 0.29) is 6.04 Å². The molecule has 2 heterocycles. The maximum atomic E-state index is 12.5. The third-order valence-corrected chi connectivity index (χ3v) is 7.30. The molecule has 1 atom stereocenters. The maximum Gasteiger partial charge on any atom is 0.252 e. The van der Waals surface area contributed by atoms with Crippen LogP contribution in [0.4, 0.5) is 0 Å². The summed E-state index contributed by atoms with van der Waals surface area (Å²) in [5.74, 6) is 0.618. The van der Waals surface area contributed by atoms with E-state index in [9.17, 15) is 8.42 Å². The van der Waals surface area contributed by atoms with Crippen molar-refractivity contribution in [3.8, 4) is 0 Å². The molecule has 94 valence electrons. The first-order valence-electron chi connectivity index (χ1n) is 6.25. The van der Waals surface area contributed by atoms with Crippen molar-refractivity contribution in [1.82, 2.24) is 4.31 Å². The summed E-state index contributed by atoms with van der Waals surface area (Å²) in [5.41, 5.74) is 0. The van der Waals surface area contributed by atoms with Gasteiger partial charge in [0.2, 0.25) is 0 Å². The fraction of sp³-hybridized carbons (Fsp3) is 0.667. The largest absolute Gasteiger partial charge is 0.252 e. The third kappa shape index (κ3) is 1.94. The molecule has 0 bridgehead atoms. The molecule has 3 nitrogen and oxygen atoms in total. The summed E-state index contributed by atoms with van der Waals surface area (Å²) in [6.45, 7) is 0.710. The van der Waals surface area contributed by atoms with Crippen molar-refractivity contribution in [2.75, 3.05) is 6.54 Å². The third-order valence-electron chi connectivity index (χ3n) is 4.00. The van der Waals surface area contributed by atoms with Crippen LogP contribution in [0.25, 0.3) is 0 Å². The molecule has 0 aromatic carbocycles. The summed E-state index contributed by atoms with van der Waals surface area (Å²) in [4.78, 5) is 0. The van der Waals surface area contributed by atoms with Gasteiger partial charge < -0.3 is 0 Å². The summed E-state index contributed by atoms with van der Waals surface area (Å²) >= 11 is 1.33. The SMILES string of the molecule is O=S(=O)(c1cccs1)N1CCCC1C1CCC1. The van der Waals surface area contributed by atoms with Crippen molar-refractivity contribution >= 4 is 21.4 Å². The lowest BCUT2D eigenvalue weighted by Gasteiger charge is -2.36. The molecule has 2 fully saturated rings. The van der Waals surface area contributed by atoms with Gasteiger partial charge >= 0.3 is 0 Å². The highest BCUT2D eigenvalue weighted by molar-refractivity contribution is 7.91. The Morgan fingerprint density at radius 1 is 1.24 bits per heavy atom. The van der Waals surface area contributed by atoms with Crippen molar-refractivity contribution in [2.45, 2.75) is 42.4 Å². The smallest absolute Gasteiger partial charge is 0.206 e. The molecule has 5 heteroatoms. The van der Waals surface area contributed by atoms with Crippen molar-refractivity contribution in [2.24, 2.45) is 5.92 Å². The van der Waals surface area contributed by atoms with E-state index in [1.165, 1.54) is 30.6 Å². The quantitative estimate of drug-likeness (QED) is 0.847. The molecule has 1 aromatic rings. The van der Waals surface area contributed by atoms with Gasteiger partial charge in [0.25, 0.3) is 10.0 Å². The van der Waals surface area contributed by atoms with Crippen molar-refractivity contribution < 1.29 is 8.42 Å². The maximum absolute atomic E-state index is 12.5. The number of sulfonamides is 1. The minimum atomic E-state index is -3.21. The molecule has 1 unspecified atom stereocenters. The summed E-state index contributed by atoms with van der Waals surface area (Å²) in [6, 6.07) is 3.80. The van der Waals surface area contributed by atoms with E-state index in [0.29, 0.717) is 16.7 Å². The summed E-state index contributed by atoms with van der Waals surface area (Å²) < 4.78 is 27.2. The number of hydrogen-bond acceptors (Lipinski definition) is 3. The van der Waals surface area contributed by atoms with Crippen LogP contribution in [0, 0.1) is 5.92 Å². The monoisotopic (exact) mass is 271 g/mol. The lowest BCUT2D eigenvalue weighted by molar-refractivity contribution is 0.192. The summed E-state index contributed by atoms with van der Waals surface area (Å²) in [5, 5.41) is 1.83. The van der Waals surface area contributed by atoms with Gasteiger partial charge in [-0.15, -0.1) is 11.3 Å². The molecule has 3 rings (SSSR count). The van der Waals surface area contributed by atoms with Crippen LogP contribution in [0.15, 0.2) is 21.7 Å². The molecular formula is C12H17NO2S2. The van der Waals surface area contributed by atoms with Crippen LogP contribution >= 0.6 is 11.3 Å². The Kier molecular flexibility index (Phi) is 3.00. The molecule has 1 saturated carbocycles. The fourth-order valence-electron chi connectivity index (χ4n) is 2.89. The minimum absolute atomic E-state index is 0.274. The molecule has 1 aliphatic carbocycles. The zero-order valence-corrected chi connectivity index (χ0v) is 11.3. The van der Waals surface area contributed by atoms with Gasteiger partial charge in [-0.25, -0.2) is 8.42 Å². The van der Waals surface area contributed by atoms with Gasteiger partial charge in [0.15, 0.2) is 0 Å². The van der Waals surface area contributed by atoms with E-state index in [1.807, 2.05) is 11.4 Å². The second-order valence-electron chi connectivity index (χ2n) is 4.95. The first-order valence-corrected chi connectivity index (χ1v) is 8.57. The highest BCUT2D eigenvalue weighted by Gasteiger charge is 2.41. The average Bonchev–Trinajstić information content (AvgIpc) is 2.84. The average molecular weight is 271 g/mol. The van der Waals surface area contributed by atoms with Crippen LogP contribution in [0.5, 0.6) is 0 Å².